The van der Waals surface area contributed by atoms with Crippen LogP contribution in [0.5, 0.6) is 0 Å². The van der Waals surface area contributed by atoms with Crippen LogP contribution in [-0.2, 0) is 4.79 Å². The van der Waals surface area contributed by atoms with Gasteiger partial charge in [-0.3, -0.25) is 4.79 Å². The van der Waals surface area contributed by atoms with E-state index in [1.165, 1.54) is 77.0 Å². The van der Waals surface area contributed by atoms with Crippen molar-refractivity contribution in [1.82, 2.24) is 0 Å². The van der Waals surface area contributed by atoms with Crippen molar-refractivity contribution >= 4 is 5.97 Å². The first-order chi connectivity index (χ1) is 13.5. The summed E-state index contributed by atoms with van der Waals surface area (Å²) in [6.45, 7) is 4.38. The molecular formula is C25H43NO2. The summed E-state index contributed by atoms with van der Waals surface area (Å²) in [6.07, 6.45) is 19.2. The van der Waals surface area contributed by atoms with Crippen LogP contribution in [0, 0.1) is 40.4 Å². The maximum atomic E-state index is 10.9. The molecule has 0 radical (unpaired) electrons. The number of hydrogen-bond donors (Lipinski definition) is 1. The largest absolute Gasteiger partial charge is 0.481 e. The van der Waals surface area contributed by atoms with Crippen molar-refractivity contribution in [3.63, 3.8) is 0 Å². The van der Waals surface area contributed by atoms with E-state index in [9.17, 15) is 10.1 Å². The third kappa shape index (κ3) is 6.78. The van der Waals surface area contributed by atoms with Gasteiger partial charge in [0.25, 0.3) is 0 Å². The Kier molecular flexibility index (Phi) is 9.83. The van der Waals surface area contributed by atoms with Crippen LogP contribution in [-0.4, -0.2) is 11.1 Å². The fourth-order valence-corrected chi connectivity index (χ4v) is 5.94. The van der Waals surface area contributed by atoms with Crippen LogP contribution >= 0.6 is 0 Å². The molecule has 0 aromatic carbocycles. The molecule has 0 unspecified atom stereocenters. The van der Waals surface area contributed by atoms with Gasteiger partial charge in [0.1, 0.15) is 0 Å². The summed E-state index contributed by atoms with van der Waals surface area (Å²) in [5, 5.41) is 18.8. The Morgan fingerprint density at radius 3 is 2.21 bits per heavy atom. The van der Waals surface area contributed by atoms with Crippen molar-refractivity contribution in [2.24, 2.45) is 29.1 Å². The highest BCUT2D eigenvalue weighted by Gasteiger charge is 2.42. The van der Waals surface area contributed by atoms with Gasteiger partial charge in [-0.15, -0.1) is 0 Å². The zero-order chi connectivity index (χ0) is 20.4. The number of rotatable bonds is 11. The first-order valence-electron chi connectivity index (χ1n) is 12.1. The molecule has 0 aromatic rings. The van der Waals surface area contributed by atoms with Crippen LogP contribution in [0.15, 0.2) is 0 Å². The SMILES string of the molecule is CCCCCCCC1CCC([C@H]2CC[C@](C#N)([C@H](C)CCC(=O)O)CC2)CC1. The lowest BCUT2D eigenvalue weighted by molar-refractivity contribution is -0.137. The number of carboxylic acid groups (broad SMARTS) is 1. The average molecular weight is 390 g/mol. The summed E-state index contributed by atoms with van der Waals surface area (Å²) in [4.78, 5) is 10.9. The van der Waals surface area contributed by atoms with Crippen molar-refractivity contribution in [1.29, 1.82) is 5.26 Å². The molecule has 0 aromatic heterocycles. The van der Waals surface area contributed by atoms with E-state index < -0.39 is 5.97 Å². The highest BCUT2D eigenvalue weighted by molar-refractivity contribution is 5.66. The Labute approximate surface area is 173 Å². The van der Waals surface area contributed by atoms with E-state index >= 15 is 0 Å². The fraction of sp³-hybridized carbons (Fsp3) is 0.920. The maximum Gasteiger partial charge on any atom is 0.303 e. The first kappa shape index (κ1) is 23.2. The van der Waals surface area contributed by atoms with E-state index in [0.717, 1.165) is 30.6 Å². The molecule has 0 spiro atoms. The second kappa shape index (κ2) is 11.8. The Morgan fingerprint density at radius 1 is 1.04 bits per heavy atom. The van der Waals surface area contributed by atoms with Gasteiger partial charge in [-0.25, -0.2) is 0 Å². The molecule has 2 aliphatic carbocycles. The molecule has 1 N–H and O–H groups in total. The van der Waals surface area contributed by atoms with Crippen LogP contribution < -0.4 is 0 Å². The van der Waals surface area contributed by atoms with Gasteiger partial charge in [-0.2, -0.15) is 5.26 Å². The van der Waals surface area contributed by atoms with E-state index in [0.29, 0.717) is 6.42 Å². The minimum absolute atomic E-state index is 0.191. The monoisotopic (exact) mass is 389 g/mol. The molecule has 3 nitrogen and oxygen atoms in total. The van der Waals surface area contributed by atoms with Crippen molar-refractivity contribution in [3.8, 4) is 6.07 Å². The lowest BCUT2D eigenvalue weighted by atomic mass is 9.60. The standard InChI is InChI=1S/C25H43NO2/c1-3-4-5-6-7-8-21-10-12-22(13-11-21)23-15-17-25(19-26,18-16-23)20(2)9-14-24(27)28/h20-23H,3-18H2,1-2H3,(H,27,28)/t20-,21?,22?,23-,25-/m1/s1. The molecule has 2 aliphatic rings. The average Bonchev–Trinajstić information content (AvgIpc) is 2.72. The Bertz CT molecular complexity index is 493. The Hall–Kier alpha value is -1.04. The van der Waals surface area contributed by atoms with Crippen LogP contribution in [0.3, 0.4) is 0 Å². The van der Waals surface area contributed by atoms with Crippen molar-refractivity contribution in [3.05, 3.63) is 0 Å². The normalized spacial score (nSPS) is 31.8. The van der Waals surface area contributed by atoms with E-state index in [1.807, 2.05) is 0 Å². The molecule has 0 heterocycles. The van der Waals surface area contributed by atoms with E-state index in [1.54, 1.807) is 0 Å². The smallest absolute Gasteiger partial charge is 0.303 e. The van der Waals surface area contributed by atoms with Crippen molar-refractivity contribution in [2.75, 3.05) is 0 Å². The van der Waals surface area contributed by atoms with Crippen LogP contribution in [0.2, 0.25) is 0 Å². The molecule has 0 aliphatic heterocycles. The van der Waals surface area contributed by atoms with Crippen LogP contribution in [0.4, 0.5) is 0 Å². The number of nitriles is 1. The molecule has 0 bridgehead atoms. The summed E-state index contributed by atoms with van der Waals surface area (Å²) in [6, 6.07) is 2.62. The molecule has 160 valence electrons. The number of unbranched alkanes of at least 4 members (excludes halogenated alkanes) is 4. The fourth-order valence-electron chi connectivity index (χ4n) is 5.94. The molecular weight excluding hydrogens is 346 g/mol. The highest BCUT2D eigenvalue weighted by Crippen LogP contribution is 2.49. The Morgan fingerprint density at radius 2 is 1.64 bits per heavy atom. The van der Waals surface area contributed by atoms with Gasteiger partial charge in [0, 0.05) is 6.42 Å². The number of aliphatic carboxylic acids is 1. The third-order valence-corrected chi connectivity index (χ3v) is 8.15. The second-order valence-electron chi connectivity index (χ2n) is 9.92. The lowest BCUT2D eigenvalue weighted by Crippen LogP contribution is -2.35. The molecule has 1 atom stereocenters. The molecule has 28 heavy (non-hydrogen) atoms. The van der Waals surface area contributed by atoms with Crippen molar-refractivity contribution in [2.45, 2.75) is 117 Å². The van der Waals surface area contributed by atoms with E-state index in [-0.39, 0.29) is 17.8 Å². The first-order valence-corrected chi connectivity index (χ1v) is 12.1. The number of hydrogen-bond acceptors (Lipinski definition) is 2. The van der Waals surface area contributed by atoms with Gasteiger partial charge < -0.3 is 5.11 Å². The second-order valence-corrected chi connectivity index (χ2v) is 9.92. The van der Waals surface area contributed by atoms with Crippen LogP contribution in [0.1, 0.15) is 117 Å². The van der Waals surface area contributed by atoms with Gasteiger partial charge in [-0.05, 0) is 68.6 Å². The Balaban J connectivity index is 1.70. The predicted molar refractivity (Wildman–Crippen MR) is 115 cm³/mol. The minimum atomic E-state index is -0.740. The molecule has 0 amide bonds. The third-order valence-electron chi connectivity index (χ3n) is 8.15. The summed E-state index contributed by atoms with van der Waals surface area (Å²) >= 11 is 0. The van der Waals surface area contributed by atoms with Crippen LogP contribution in [0.25, 0.3) is 0 Å². The van der Waals surface area contributed by atoms with Gasteiger partial charge in [0.05, 0.1) is 11.5 Å². The predicted octanol–water partition coefficient (Wildman–Crippen LogP) is 7.35. The summed E-state index contributed by atoms with van der Waals surface area (Å²) < 4.78 is 0. The molecule has 2 fully saturated rings. The molecule has 0 saturated heterocycles. The molecule has 2 saturated carbocycles. The maximum absolute atomic E-state index is 10.9. The zero-order valence-corrected chi connectivity index (χ0v) is 18.4. The van der Waals surface area contributed by atoms with E-state index in [2.05, 4.69) is 19.9 Å². The van der Waals surface area contributed by atoms with Gasteiger partial charge in [0.15, 0.2) is 0 Å². The number of carboxylic acids is 1. The van der Waals surface area contributed by atoms with Crippen molar-refractivity contribution < 1.29 is 9.90 Å². The summed E-state index contributed by atoms with van der Waals surface area (Å²) in [7, 11) is 0. The summed E-state index contributed by atoms with van der Waals surface area (Å²) in [5.41, 5.74) is -0.276. The summed E-state index contributed by atoms with van der Waals surface area (Å²) in [5.74, 6) is 2.10. The van der Waals surface area contributed by atoms with E-state index in [4.69, 9.17) is 5.11 Å². The zero-order valence-electron chi connectivity index (χ0n) is 18.4. The molecule has 2 rings (SSSR count). The molecule has 3 heteroatoms. The number of nitrogens with zero attached hydrogens (tertiary/aromatic N) is 1. The number of carbonyl (C=O) groups is 1. The van der Waals surface area contributed by atoms with Gasteiger partial charge >= 0.3 is 5.97 Å². The minimum Gasteiger partial charge on any atom is -0.481 e. The van der Waals surface area contributed by atoms with Gasteiger partial charge in [0.2, 0.25) is 0 Å². The lowest BCUT2D eigenvalue weighted by Gasteiger charge is -2.43. The topological polar surface area (TPSA) is 61.1 Å². The quantitative estimate of drug-likeness (QED) is 0.376. The van der Waals surface area contributed by atoms with Gasteiger partial charge in [-0.1, -0.05) is 65.2 Å². The highest BCUT2D eigenvalue weighted by atomic mass is 16.4.